The van der Waals surface area contributed by atoms with Crippen LogP contribution in [0.4, 0.5) is 16.3 Å². The number of urea groups is 1. The van der Waals surface area contributed by atoms with Gasteiger partial charge in [0.25, 0.3) is 0 Å². The van der Waals surface area contributed by atoms with E-state index < -0.39 is 6.03 Å². The molecule has 0 atom stereocenters. The summed E-state index contributed by atoms with van der Waals surface area (Å²) in [4.78, 5) is 23.6. The highest BCUT2D eigenvalue weighted by molar-refractivity contribution is 6.39. The molecule has 1 aliphatic rings. The van der Waals surface area contributed by atoms with Gasteiger partial charge in [0.05, 0.1) is 35.0 Å². The van der Waals surface area contributed by atoms with Gasteiger partial charge >= 0.3 is 6.03 Å². The minimum atomic E-state index is -0.536. The topological polar surface area (TPSA) is 88.6 Å². The number of para-hydroxylation sites is 1. The van der Waals surface area contributed by atoms with Crippen molar-refractivity contribution in [1.29, 1.82) is 0 Å². The largest absolute Gasteiger partial charge is 0.493 e. The zero-order chi connectivity index (χ0) is 23.2. The molecule has 3 aromatic rings. The van der Waals surface area contributed by atoms with Crippen LogP contribution in [0.25, 0.3) is 10.9 Å². The number of nitrogens with one attached hydrogen (secondary N) is 2. The fourth-order valence-electron chi connectivity index (χ4n) is 3.78. The maximum absolute atomic E-state index is 12.6. The molecule has 2 aromatic carbocycles. The number of hydrogen-bond donors (Lipinski definition) is 2. The van der Waals surface area contributed by atoms with Crippen molar-refractivity contribution < 1.29 is 14.3 Å². The number of amides is 2. The lowest BCUT2D eigenvalue weighted by Crippen LogP contribution is -2.22. The lowest BCUT2D eigenvalue weighted by molar-refractivity contribution is 0.254. The number of rotatable bonds is 8. The van der Waals surface area contributed by atoms with E-state index in [0.717, 1.165) is 13.0 Å². The van der Waals surface area contributed by atoms with E-state index in [2.05, 4.69) is 25.5 Å². The molecular formula is C23H25Cl2N5O3. The molecule has 0 spiro atoms. The van der Waals surface area contributed by atoms with Crippen LogP contribution in [-0.4, -0.2) is 54.2 Å². The summed E-state index contributed by atoms with van der Waals surface area (Å²) in [6.07, 6.45) is 4.87. The highest BCUT2D eigenvalue weighted by atomic mass is 35.5. The molecule has 8 nitrogen and oxygen atoms in total. The standard InChI is InChI=1S/C23H25Cl2N5O3/c1-32-19-12-15-18(13-20(19)33-11-5-10-30-8-2-3-9-30)26-14-27-22(15)29-23(31)28-21-16(24)6-4-7-17(21)25/h4,6-7,12-14H,2-3,5,8-11H2,1H3,(H2,26,27,28,29,31). The SMILES string of the molecule is COc1cc2c(NC(=O)Nc3c(Cl)cccc3Cl)ncnc2cc1OCCCN1CCCC1. The first-order chi connectivity index (χ1) is 16.0. The van der Waals surface area contributed by atoms with Gasteiger partial charge in [0, 0.05) is 18.0 Å². The number of methoxy groups -OCH3 is 1. The summed E-state index contributed by atoms with van der Waals surface area (Å²) < 4.78 is 11.5. The minimum Gasteiger partial charge on any atom is -0.493 e. The van der Waals surface area contributed by atoms with Crippen molar-refractivity contribution in [2.75, 3.05) is 44.0 Å². The average molecular weight is 490 g/mol. The van der Waals surface area contributed by atoms with Crippen LogP contribution in [0.3, 0.4) is 0 Å². The third kappa shape index (κ3) is 5.76. The van der Waals surface area contributed by atoms with E-state index in [4.69, 9.17) is 32.7 Å². The summed E-state index contributed by atoms with van der Waals surface area (Å²) in [5, 5.41) is 6.65. The Kier molecular flexibility index (Phi) is 7.69. The van der Waals surface area contributed by atoms with Crippen molar-refractivity contribution in [3.63, 3.8) is 0 Å². The first-order valence-corrected chi connectivity index (χ1v) is 11.5. The quantitative estimate of drug-likeness (QED) is 0.408. The zero-order valence-electron chi connectivity index (χ0n) is 18.2. The maximum atomic E-state index is 12.6. The van der Waals surface area contributed by atoms with E-state index in [9.17, 15) is 4.79 Å². The Bertz CT molecular complexity index is 1120. The molecule has 0 bridgehead atoms. The van der Waals surface area contributed by atoms with E-state index in [1.807, 2.05) is 0 Å². The van der Waals surface area contributed by atoms with Crippen LogP contribution >= 0.6 is 23.2 Å². The van der Waals surface area contributed by atoms with Crippen molar-refractivity contribution in [3.8, 4) is 11.5 Å². The van der Waals surface area contributed by atoms with Gasteiger partial charge in [0.15, 0.2) is 11.5 Å². The van der Waals surface area contributed by atoms with Crippen molar-refractivity contribution >= 4 is 51.6 Å². The summed E-state index contributed by atoms with van der Waals surface area (Å²) in [6, 6.07) is 7.99. The summed E-state index contributed by atoms with van der Waals surface area (Å²) in [7, 11) is 1.57. The molecule has 33 heavy (non-hydrogen) atoms. The van der Waals surface area contributed by atoms with Gasteiger partial charge in [-0.05, 0) is 50.6 Å². The number of carbonyl (C=O) groups excluding carboxylic acids is 1. The van der Waals surface area contributed by atoms with Crippen LogP contribution < -0.4 is 20.1 Å². The van der Waals surface area contributed by atoms with E-state index in [1.54, 1.807) is 37.4 Å². The monoisotopic (exact) mass is 489 g/mol. The van der Waals surface area contributed by atoms with Gasteiger partial charge in [0.1, 0.15) is 12.1 Å². The van der Waals surface area contributed by atoms with Gasteiger partial charge in [-0.15, -0.1) is 0 Å². The molecule has 1 aromatic heterocycles. The molecule has 0 radical (unpaired) electrons. The number of halogens is 2. The number of aromatic nitrogens is 2. The fourth-order valence-corrected chi connectivity index (χ4v) is 4.27. The molecule has 1 aliphatic heterocycles. The number of anilines is 2. The van der Waals surface area contributed by atoms with Crippen molar-refractivity contribution in [2.24, 2.45) is 0 Å². The molecule has 1 saturated heterocycles. The summed E-state index contributed by atoms with van der Waals surface area (Å²) in [6.45, 7) is 3.94. The number of nitrogens with zero attached hydrogens (tertiary/aromatic N) is 3. The normalized spacial score (nSPS) is 13.8. The maximum Gasteiger partial charge on any atom is 0.324 e. The Labute approximate surface area is 202 Å². The lowest BCUT2D eigenvalue weighted by atomic mass is 10.2. The summed E-state index contributed by atoms with van der Waals surface area (Å²) >= 11 is 12.3. The second kappa shape index (κ2) is 10.9. The van der Waals surface area contributed by atoms with Crippen molar-refractivity contribution in [1.82, 2.24) is 14.9 Å². The zero-order valence-corrected chi connectivity index (χ0v) is 19.7. The highest BCUT2D eigenvalue weighted by Crippen LogP contribution is 2.34. The van der Waals surface area contributed by atoms with E-state index in [-0.39, 0.29) is 0 Å². The minimum absolute atomic E-state index is 0.318. The second-order valence-electron chi connectivity index (χ2n) is 7.67. The Balaban J connectivity index is 1.47. The number of fused-ring (bicyclic) bond motifs is 1. The molecule has 0 aliphatic carbocycles. The van der Waals surface area contributed by atoms with Gasteiger partial charge < -0.3 is 19.7 Å². The third-order valence-electron chi connectivity index (χ3n) is 5.43. The number of ether oxygens (including phenoxy) is 2. The van der Waals surface area contributed by atoms with Crippen molar-refractivity contribution in [3.05, 3.63) is 46.7 Å². The number of likely N-dealkylation sites (tertiary alicyclic amines) is 1. The first kappa shape index (κ1) is 23.4. The molecule has 0 saturated carbocycles. The smallest absolute Gasteiger partial charge is 0.324 e. The van der Waals surface area contributed by atoms with E-state index in [0.29, 0.717) is 50.6 Å². The van der Waals surface area contributed by atoms with Gasteiger partial charge in [-0.3, -0.25) is 5.32 Å². The summed E-state index contributed by atoms with van der Waals surface area (Å²) in [5.41, 5.74) is 0.935. The van der Waals surface area contributed by atoms with Gasteiger partial charge in [-0.1, -0.05) is 29.3 Å². The van der Waals surface area contributed by atoms with Gasteiger partial charge in [-0.2, -0.15) is 0 Å². The predicted octanol–water partition coefficient (Wildman–Crippen LogP) is 5.45. The van der Waals surface area contributed by atoms with Gasteiger partial charge in [0.2, 0.25) is 0 Å². The molecule has 174 valence electrons. The number of benzene rings is 2. The van der Waals surface area contributed by atoms with Crippen LogP contribution in [0.15, 0.2) is 36.7 Å². The molecule has 1 fully saturated rings. The molecule has 2 heterocycles. The predicted molar refractivity (Wildman–Crippen MR) is 131 cm³/mol. The molecule has 4 rings (SSSR count). The first-order valence-electron chi connectivity index (χ1n) is 10.7. The summed E-state index contributed by atoms with van der Waals surface area (Å²) in [5.74, 6) is 1.46. The second-order valence-corrected chi connectivity index (χ2v) is 8.48. The average Bonchev–Trinajstić information content (AvgIpc) is 3.32. The molecular weight excluding hydrogens is 465 g/mol. The molecule has 0 unspecified atom stereocenters. The Morgan fingerprint density at radius 3 is 2.58 bits per heavy atom. The van der Waals surface area contributed by atoms with Gasteiger partial charge in [-0.25, -0.2) is 14.8 Å². The highest BCUT2D eigenvalue weighted by Gasteiger charge is 2.16. The Morgan fingerprint density at radius 2 is 1.85 bits per heavy atom. The van der Waals surface area contributed by atoms with Crippen LogP contribution in [-0.2, 0) is 0 Å². The molecule has 2 amide bonds. The van der Waals surface area contributed by atoms with Crippen LogP contribution in [0.2, 0.25) is 10.0 Å². The van der Waals surface area contributed by atoms with Crippen molar-refractivity contribution in [2.45, 2.75) is 19.3 Å². The third-order valence-corrected chi connectivity index (χ3v) is 6.06. The van der Waals surface area contributed by atoms with E-state index in [1.165, 1.54) is 32.3 Å². The van der Waals surface area contributed by atoms with Crippen LogP contribution in [0.1, 0.15) is 19.3 Å². The van der Waals surface area contributed by atoms with Crippen LogP contribution in [0, 0.1) is 0 Å². The lowest BCUT2D eigenvalue weighted by Gasteiger charge is -2.16. The van der Waals surface area contributed by atoms with E-state index >= 15 is 0 Å². The molecule has 2 N–H and O–H groups in total. The number of carbonyl (C=O) groups is 1. The Hall–Kier alpha value is -2.81. The Morgan fingerprint density at radius 1 is 1.09 bits per heavy atom. The van der Waals surface area contributed by atoms with Crippen LogP contribution in [0.5, 0.6) is 11.5 Å². The molecule has 10 heteroatoms. The number of hydrogen-bond acceptors (Lipinski definition) is 6. The fraction of sp³-hybridized carbons (Fsp3) is 0.348.